The molecule has 0 amide bonds. The van der Waals surface area contributed by atoms with Gasteiger partial charge in [0.2, 0.25) is 0 Å². The van der Waals surface area contributed by atoms with Gasteiger partial charge in [0.15, 0.2) is 0 Å². The van der Waals surface area contributed by atoms with Gasteiger partial charge in [-0.1, -0.05) is 41.9 Å². The van der Waals surface area contributed by atoms with Crippen LogP contribution in [0.1, 0.15) is 41.1 Å². The number of esters is 1. The van der Waals surface area contributed by atoms with E-state index in [0.717, 1.165) is 24.3 Å². The maximum absolute atomic E-state index is 12.2. The Hall–Kier alpha value is -1.80. The molecule has 2 aromatic rings. The van der Waals surface area contributed by atoms with Crippen molar-refractivity contribution in [3.8, 4) is 0 Å². The van der Waals surface area contributed by atoms with Crippen LogP contribution in [-0.2, 0) is 4.74 Å². The fourth-order valence-electron chi connectivity index (χ4n) is 2.94. The molecule has 0 aromatic heterocycles. The molecule has 0 radical (unpaired) electrons. The number of hydrogen-bond donors (Lipinski definition) is 0. The molecule has 3 rings (SSSR count). The first-order chi connectivity index (χ1) is 10.2. The van der Waals surface area contributed by atoms with Crippen molar-refractivity contribution in [2.75, 3.05) is 0 Å². The summed E-state index contributed by atoms with van der Waals surface area (Å²) in [4.78, 5) is 12.2. The van der Waals surface area contributed by atoms with Crippen LogP contribution in [0.5, 0.6) is 0 Å². The Morgan fingerprint density at radius 3 is 2.43 bits per heavy atom. The quantitative estimate of drug-likeness (QED) is 0.759. The van der Waals surface area contributed by atoms with Crippen molar-refractivity contribution in [3.05, 3.63) is 70.7 Å². The van der Waals surface area contributed by atoms with E-state index in [1.165, 1.54) is 5.56 Å². The Balaban J connectivity index is 1.72. The van der Waals surface area contributed by atoms with E-state index in [1.54, 1.807) is 12.1 Å². The number of ether oxygens (including phenoxy) is 1. The van der Waals surface area contributed by atoms with Crippen LogP contribution in [0, 0.1) is 0 Å². The molecule has 108 valence electrons. The molecule has 21 heavy (non-hydrogen) atoms. The SMILES string of the molecule is O=C(O[C@H]1CCC[C@H]1c1ccc(Cl)cc1)c1ccccc1. The molecule has 0 N–H and O–H groups in total. The first kappa shape index (κ1) is 14.2. The fourth-order valence-corrected chi connectivity index (χ4v) is 3.06. The molecule has 0 spiro atoms. The van der Waals surface area contributed by atoms with E-state index in [4.69, 9.17) is 16.3 Å². The highest BCUT2D eigenvalue weighted by Gasteiger charge is 2.31. The van der Waals surface area contributed by atoms with E-state index < -0.39 is 0 Å². The minimum absolute atomic E-state index is 0.0427. The average Bonchev–Trinajstić information content (AvgIpc) is 2.97. The van der Waals surface area contributed by atoms with E-state index in [1.807, 2.05) is 42.5 Å². The molecule has 0 unspecified atom stereocenters. The summed E-state index contributed by atoms with van der Waals surface area (Å²) < 4.78 is 5.72. The molecule has 2 nitrogen and oxygen atoms in total. The van der Waals surface area contributed by atoms with Gasteiger partial charge in [0.1, 0.15) is 6.10 Å². The lowest BCUT2D eigenvalue weighted by atomic mass is 9.96. The summed E-state index contributed by atoms with van der Waals surface area (Å²) in [5.41, 5.74) is 1.81. The maximum Gasteiger partial charge on any atom is 0.338 e. The summed E-state index contributed by atoms with van der Waals surface area (Å²) in [7, 11) is 0. The van der Waals surface area contributed by atoms with Crippen LogP contribution in [0.4, 0.5) is 0 Å². The molecule has 1 aliphatic rings. The van der Waals surface area contributed by atoms with Crippen molar-refractivity contribution < 1.29 is 9.53 Å². The first-order valence-corrected chi connectivity index (χ1v) is 7.63. The summed E-state index contributed by atoms with van der Waals surface area (Å²) in [6.07, 6.45) is 3.01. The zero-order chi connectivity index (χ0) is 14.7. The van der Waals surface area contributed by atoms with Crippen molar-refractivity contribution in [3.63, 3.8) is 0 Å². The molecule has 0 heterocycles. The van der Waals surface area contributed by atoms with E-state index in [-0.39, 0.29) is 18.0 Å². The van der Waals surface area contributed by atoms with Crippen molar-refractivity contribution >= 4 is 17.6 Å². The number of rotatable bonds is 3. The second-order valence-corrected chi connectivity index (χ2v) is 5.84. The number of halogens is 1. The predicted octanol–water partition coefficient (Wildman–Crippen LogP) is 4.83. The van der Waals surface area contributed by atoms with Crippen LogP contribution < -0.4 is 0 Å². The molecule has 0 aliphatic heterocycles. The second kappa shape index (κ2) is 6.31. The zero-order valence-corrected chi connectivity index (χ0v) is 12.4. The highest BCUT2D eigenvalue weighted by Crippen LogP contribution is 2.37. The molecule has 1 saturated carbocycles. The Morgan fingerprint density at radius 2 is 1.71 bits per heavy atom. The van der Waals surface area contributed by atoms with Gasteiger partial charge in [-0.3, -0.25) is 0 Å². The van der Waals surface area contributed by atoms with E-state index in [0.29, 0.717) is 5.56 Å². The van der Waals surface area contributed by atoms with Gasteiger partial charge in [0.05, 0.1) is 5.56 Å². The van der Waals surface area contributed by atoms with E-state index in [9.17, 15) is 4.79 Å². The lowest BCUT2D eigenvalue weighted by Crippen LogP contribution is -2.21. The number of hydrogen-bond acceptors (Lipinski definition) is 2. The maximum atomic E-state index is 12.2. The number of carbonyl (C=O) groups excluding carboxylic acids is 1. The molecule has 0 bridgehead atoms. The minimum Gasteiger partial charge on any atom is -0.458 e. The minimum atomic E-state index is -0.235. The number of carbonyl (C=O) groups is 1. The molecule has 2 aromatic carbocycles. The van der Waals surface area contributed by atoms with Gasteiger partial charge in [-0.25, -0.2) is 4.79 Å². The molecular formula is C18H17ClO2. The molecule has 3 heteroatoms. The Kier molecular flexibility index (Phi) is 4.26. The van der Waals surface area contributed by atoms with E-state index >= 15 is 0 Å². The highest BCUT2D eigenvalue weighted by molar-refractivity contribution is 6.30. The van der Waals surface area contributed by atoms with E-state index in [2.05, 4.69) is 0 Å². The van der Waals surface area contributed by atoms with Gasteiger partial charge in [-0.2, -0.15) is 0 Å². The van der Waals surface area contributed by atoms with Gasteiger partial charge >= 0.3 is 5.97 Å². The van der Waals surface area contributed by atoms with Gasteiger partial charge in [0.25, 0.3) is 0 Å². The summed E-state index contributed by atoms with van der Waals surface area (Å²) >= 11 is 5.93. The highest BCUT2D eigenvalue weighted by atomic mass is 35.5. The summed E-state index contributed by atoms with van der Waals surface area (Å²) in [5, 5.41) is 0.731. The zero-order valence-electron chi connectivity index (χ0n) is 11.7. The van der Waals surface area contributed by atoms with Crippen LogP contribution in [-0.4, -0.2) is 12.1 Å². The lowest BCUT2D eigenvalue weighted by molar-refractivity contribution is 0.0279. The molecule has 2 atom stereocenters. The molecule has 0 saturated heterocycles. The van der Waals surface area contributed by atoms with Crippen LogP contribution in [0.2, 0.25) is 5.02 Å². The lowest BCUT2D eigenvalue weighted by Gasteiger charge is -2.20. The van der Waals surface area contributed by atoms with Crippen LogP contribution in [0.15, 0.2) is 54.6 Å². The smallest absolute Gasteiger partial charge is 0.338 e. The van der Waals surface area contributed by atoms with Gasteiger partial charge < -0.3 is 4.74 Å². The van der Waals surface area contributed by atoms with Crippen LogP contribution in [0.3, 0.4) is 0 Å². The summed E-state index contributed by atoms with van der Waals surface area (Å²) in [6.45, 7) is 0. The summed E-state index contributed by atoms with van der Waals surface area (Å²) in [5.74, 6) is 0.0383. The Labute approximate surface area is 129 Å². The van der Waals surface area contributed by atoms with Gasteiger partial charge in [-0.05, 0) is 49.1 Å². The molecular weight excluding hydrogens is 284 g/mol. The monoisotopic (exact) mass is 300 g/mol. The van der Waals surface area contributed by atoms with Crippen molar-refractivity contribution in [1.29, 1.82) is 0 Å². The third-order valence-electron chi connectivity index (χ3n) is 4.02. The third-order valence-corrected chi connectivity index (χ3v) is 4.27. The van der Waals surface area contributed by atoms with Crippen molar-refractivity contribution in [2.24, 2.45) is 0 Å². The normalized spacial score (nSPS) is 21.2. The second-order valence-electron chi connectivity index (χ2n) is 5.40. The third kappa shape index (κ3) is 3.27. The molecule has 1 aliphatic carbocycles. The average molecular weight is 301 g/mol. The fraction of sp³-hybridized carbons (Fsp3) is 0.278. The van der Waals surface area contributed by atoms with Crippen molar-refractivity contribution in [1.82, 2.24) is 0 Å². The van der Waals surface area contributed by atoms with Crippen molar-refractivity contribution in [2.45, 2.75) is 31.3 Å². The predicted molar refractivity (Wildman–Crippen MR) is 83.7 cm³/mol. The van der Waals surface area contributed by atoms with Crippen LogP contribution >= 0.6 is 11.6 Å². The summed E-state index contributed by atoms with van der Waals surface area (Å²) in [6, 6.07) is 17.0. The Bertz CT molecular complexity index is 607. The first-order valence-electron chi connectivity index (χ1n) is 7.25. The van der Waals surface area contributed by atoms with Gasteiger partial charge in [-0.15, -0.1) is 0 Å². The Morgan fingerprint density at radius 1 is 1.00 bits per heavy atom. The largest absolute Gasteiger partial charge is 0.458 e. The van der Waals surface area contributed by atoms with Crippen LogP contribution in [0.25, 0.3) is 0 Å². The standard InChI is InChI=1S/C18H17ClO2/c19-15-11-9-13(10-12-15)16-7-4-8-17(16)21-18(20)14-5-2-1-3-6-14/h1-3,5-6,9-12,16-17H,4,7-8H2/t16-,17-/m0/s1. The number of benzene rings is 2. The molecule has 1 fully saturated rings. The topological polar surface area (TPSA) is 26.3 Å². The van der Waals surface area contributed by atoms with Gasteiger partial charge in [0, 0.05) is 10.9 Å².